The van der Waals surface area contributed by atoms with Gasteiger partial charge < -0.3 is 16.2 Å². The summed E-state index contributed by atoms with van der Waals surface area (Å²) in [4.78, 5) is 14.9. The number of aromatic nitrogens is 1. The van der Waals surface area contributed by atoms with E-state index >= 15 is 0 Å². The first-order valence-corrected chi connectivity index (χ1v) is 4.48. The van der Waals surface area contributed by atoms with Gasteiger partial charge >= 0.3 is 5.97 Å². The molecular weight excluding hydrogens is 220 g/mol. The second-order valence-electron chi connectivity index (χ2n) is 2.91. The molecule has 0 saturated carbocycles. The lowest BCUT2D eigenvalue weighted by Gasteiger charge is -2.11. The molecule has 1 rings (SSSR count). The Labute approximate surface area is 90.4 Å². The van der Waals surface area contributed by atoms with Gasteiger partial charge in [-0.25, -0.2) is 18.6 Å². The molecular formula is C9H11F2N3O2. The van der Waals surface area contributed by atoms with Crippen LogP contribution in [0.25, 0.3) is 0 Å². The number of rotatable bonds is 3. The molecule has 0 fully saturated rings. The van der Waals surface area contributed by atoms with E-state index in [0.717, 1.165) is 6.20 Å². The maximum absolute atomic E-state index is 12.6. The molecule has 5 nitrogen and oxygen atoms in total. The van der Waals surface area contributed by atoms with Crippen LogP contribution in [0.2, 0.25) is 0 Å². The fourth-order valence-electron chi connectivity index (χ4n) is 1.16. The van der Waals surface area contributed by atoms with Crippen LogP contribution in [0.3, 0.4) is 0 Å². The number of hydrogen-bond donors (Lipinski definition) is 2. The summed E-state index contributed by atoms with van der Waals surface area (Å²) in [5, 5.41) is 0. The van der Waals surface area contributed by atoms with E-state index in [2.05, 4.69) is 9.72 Å². The number of alkyl halides is 2. The molecule has 0 aliphatic carbocycles. The van der Waals surface area contributed by atoms with E-state index < -0.39 is 23.6 Å². The number of pyridine rings is 1. The molecule has 1 heterocycles. The highest BCUT2D eigenvalue weighted by molar-refractivity contribution is 5.94. The van der Waals surface area contributed by atoms with Crippen LogP contribution in [0.4, 0.5) is 20.2 Å². The van der Waals surface area contributed by atoms with Crippen molar-refractivity contribution in [2.24, 2.45) is 0 Å². The fraction of sp³-hybridized carbons (Fsp3) is 0.333. The van der Waals surface area contributed by atoms with Crippen molar-refractivity contribution in [3.8, 4) is 0 Å². The number of carbonyl (C=O) groups is 1. The van der Waals surface area contributed by atoms with Crippen LogP contribution in [0.1, 0.15) is 29.4 Å². The summed E-state index contributed by atoms with van der Waals surface area (Å²) in [7, 11) is 0. The monoisotopic (exact) mass is 231 g/mol. The van der Waals surface area contributed by atoms with Gasteiger partial charge in [0.15, 0.2) is 5.69 Å². The minimum Gasteiger partial charge on any atom is -0.461 e. The van der Waals surface area contributed by atoms with Gasteiger partial charge in [-0.3, -0.25) is 0 Å². The molecule has 4 N–H and O–H groups in total. The average molecular weight is 231 g/mol. The van der Waals surface area contributed by atoms with Crippen molar-refractivity contribution in [2.75, 3.05) is 18.1 Å². The Morgan fingerprint density at radius 2 is 2.19 bits per heavy atom. The summed E-state index contributed by atoms with van der Waals surface area (Å²) < 4.78 is 29.8. The van der Waals surface area contributed by atoms with Crippen LogP contribution < -0.4 is 11.5 Å². The second-order valence-corrected chi connectivity index (χ2v) is 2.91. The van der Waals surface area contributed by atoms with Gasteiger partial charge in [0.05, 0.1) is 29.7 Å². The molecule has 0 bridgehead atoms. The topological polar surface area (TPSA) is 91.2 Å². The minimum atomic E-state index is -2.86. The number of hydrogen-bond acceptors (Lipinski definition) is 5. The molecule has 0 aromatic carbocycles. The summed E-state index contributed by atoms with van der Waals surface area (Å²) in [5.74, 6) is -0.845. The Balaban J connectivity index is 3.23. The van der Waals surface area contributed by atoms with Gasteiger partial charge in [0.2, 0.25) is 0 Å². The molecule has 16 heavy (non-hydrogen) atoms. The van der Waals surface area contributed by atoms with Gasteiger partial charge in [0.1, 0.15) is 0 Å². The van der Waals surface area contributed by atoms with Crippen molar-refractivity contribution in [2.45, 2.75) is 13.3 Å². The highest BCUT2D eigenvalue weighted by Crippen LogP contribution is 2.31. The minimum absolute atomic E-state index is 0.105. The molecule has 88 valence electrons. The van der Waals surface area contributed by atoms with Crippen LogP contribution in [0.15, 0.2) is 6.20 Å². The van der Waals surface area contributed by atoms with Crippen molar-refractivity contribution >= 4 is 17.3 Å². The molecule has 1 aromatic rings. The van der Waals surface area contributed by atoms with Crippen LogP contribution in [0.5, 0.6) is 0 Å². The number of ether oxygens (including phenoxy) is 1. The molecule has 0 saturated heterocycles. The van der Waals surface area contributed by atoms with E-state index in [1.54, 1.807) is 6.92 Å². The van der Waals surface area contributed by atoms with Crippen molar-refractivity contribution in [3.63, 3.8) is 0 Å². The molecule has 0 unspecified atom stereocenters. The predicted molar refractivity (Wildman–Crippen MR) is 54.0 cm³/mol. The third kappa shape index (κ3) is 2.18. The molecule has 0 spiro atoms. The number of nitrogens with two attached hydrogens (primary N) is 2. The van der Waals surface area contributed by atoms with Gasteiger partial charge in [0.25, 0.3) is 6.43 Å². The van der Waals surface area contributed by atoms with Crippen molar-refractivity contribution in [1.29, 1.82) is 0 Å². The highest BCUT2D eigenvalue weighted by Gasteiger charge is 2.22. The van der Waals surface area contributed by atoms with Crippen molar-refractivity contribution in [3.05, 3.63) is 17.5 Å². The standard InChI is InChI=1S/C9H11F2N3O2/c1-2-16-9(15)7-6(13)5(8(10)11)4(12)3-14-7/h3,8H,2,12-13H2,1H3. The lowest BCUT2D eigenvalue weighted by Crippen LogP contribution is -2.13. The second kappa shape index (κ2) is 4.73. The fourth-order valence-corrected chi connectivity index (χ4v) is 1.16. The first-order chi connectivity index (χ1) is 7.49. The maximum atomic E-state index is 12.6. The Bertz CT molecular complexity index is 410. The molecule has 0 radical (unpaired) electrons. The number of nitrogen functional groups attached to an aromatic ring is 2. The average Bonchev–Trinajstić information content (AvgIpc) is 2.17. The maximum Gasteiger partial charge on any atom is 0.359 e. The molecule has 0 amide bonds. The van der Waals surface area contributed by atoms with E-state index in [1.165, 1.54) is 0 Å². The van der Waals surface area contributed by atoms with Crippen LogP contribution in [-0.4, -0.2) is 17.6 Å². The van der Waals surface area contributed by atoms with Crippen LogP contribution in [0, 0.1) is 0 Å². The van der Waals surface area contributed by atoms with E-state index in [9.17, 15) is 13.6 Å². The summed E-state index contributed by atoms with van der Waals surface area (Å²) in [6.07, 6.45) is -1.90. The number of anilines is 2. The SMILES string of the molecule is CCOC(=O)c1ncc(N)c(C(F)F)c1N. The molecule has 0 atom stereocenters. The molecule has 7 heteroatoms. The summed E-state index contributed by atoms with van der Waals surface area (Å²) in [5.41, 5.74) is 9.07. The largest absolute Gasteiger partial charge is 0.461 e. The zero-order valence-corrected chi connectivity index (χ0v) is 8.54. The molecule has 0 aliphatic heterocycles. The van der Waals surface area contributed by atoms with Crippen molar-refractivity contribution in [1.82, 2.24) is 4.98 Å². The van der Waals surface area contributed by atoms with E-state index in [-0.39, 0.29) is 18.0 Å². The highest BCUT2D eigenvalue weighted by atomic mass is 19.3. The normalized spacial score (nSPS) is 10.5. The van der Waals surface area contributed by atoms with E-state index in [0.29, 0.717) is 0 Å². The van der Waals surface area contributed by atoms with Gasteiger partial charge in [-0.05, 0) is 6.92 Å². The smallest absolute Gasteiger partial charge is 0.359 e. The third-order valence-electron chi connectivity index (χ3n) is 1.88. The summed E-state index contributed by atoms with van der Waals surface area (Å²) in [6, 6.07) is 0. The lowest BCUT2D eigenvalue weighted by atomic mass is 10.1. The first-order valence-electron chi connectivity index (χ1n) is 4.48. The van der Waals surface area contributed by atoms with Crippen LogP contribution in [-0.2, 0) is 4.74 Å². The third-order valence-corrected chi connectivity index (χ3v) is 1.88. The number of nitrogens with zero attached hydrogens (tertiary/aromatic N) is 1. The van der Waals surface area contributed by atoms with Gasteiger partial charge in [-0.2, -0.15) is 0 Å². The van der Waals surface area contributed by atoms with Crippen LogP contribution >= 0.6 is 0 Å². The predicted octanol–water partition coefficient (Wildman–Crippen LogP) is 1.36. The quantitative estimate of drug-likeness (QED) is 0.766. The summed E-state index contributed by atoms with van der Waals surface area (Å²) in [6.45, 7) is 1.69. The van der Waals surface area contributed by atoms with Crippen molar-refractivity contribution < 1.29 is 18.3 Å². The lowest BCUT2D eigenvalue weighted by molar-refractivity contribution is 0.0520. The number of carbonyl (C=O) groups excluding carboxylic acids is 1. The Hall–Kier alpha value is -1.92. The molecule has 0 aliphatic rings. The Kier molecular flexibility index (Phi) is 3.60. The Morgan fingerprint density at radius 3 is 2.69 bits per heavy atom. The number of halogens is 2. The van der Waals surface area contributed by atoms with E-state index in [1.807, 2.05) is 0 Å². The zero-order valence-electron chi connectivity index (χ0n) is 8.54. The number of esters is 1. The molecule has 1 aromatic heterocycles. The Morgan fingerprint density at radius 1 is 1.56 bits per heavy atom. The van der Waals surface area contributed by atoms with Gasteiger partial charge in [0, 0.05) is 0 Å². The summed E-state index contributed by atoms with van der Waals surface area (Å²) >= 11 is 0. The zero-order chi connectivity index (χ0) is 12.3. The first kappa shape index (κ1) is 12.2. The van der Waals surface area contributed by atoms with Gasteiger partial charge in [-0.1, -0.05) is 0 Å². The van der Waals surface area contributed by atoms with E-state index in [4.69, 9.17) is 11.5 Å². The van der Waals surface area contributed by atoms with Gasteiger partial charge in [-0.15, -0.1) is 0 Å².